The van der Waals surface area contributed by atoms with E-state index < -0.39 is 16.4 Å². The number of nitrogens with zero attached hydrogens (tertiary/aromatic N) is 1. The summed E-state index contributed by atoms with van der Waals surface area (Å²) in [5.41, 5.74) is 1.22. The molecule has 0 aliphatic rings. The van der Waals surface area contributed by atoms with Gasteiger partial charge in [-0.3, -0.25) is 10.1 Å². The Bertz CT molecular complexity index is 661. The number of hydrogen-bond donors (Lipinski definition) is 0. The van der Waals surface area contributed by atoms with Crippen LogP contribution in [0.5, 0.6) is 11.5 Å². The summed E-state index contributed by atoms with van der Waals surface area (Å²) < 4.78 is 19.0. The van der Waals surface area contributed by atoms with Gasteiger partial charge in [0.2, 0.25) is 5.82 Å². The standard InChI is InChI=1S/C14H11ClFNO3/c1-9-6-10(8-15)2-5-14(9)20-11-3-4-13(17(18)19)12(16)7-11/h2-7H,8H2,1H3. The lowest BCUT2D eigenvalue weighted by Crippen LogP contribution is -1.94. The largest absolute Gasteiger partial charge is 0.457 e. The maximum Gasteiger partial charge on any atom is 0.305 e. The summed E-state index contributed by atoms with van der Waals surface area (Å²) in [5.74, 6) is 0.220. The van der Waals surface area contributed by atoms with E-state index in [0.29, 0.717) is 11.6 Å². The van der Waals surface area contributed by atoms with Gasteiger partial charge in [0.1, 0.15) is 11.5 Å². The molecule has 0 N–H and O–H groups in total. The number of rotatable bonds is 4. The number of nitro groups is 1. The SMILES string of the molecule is Cc1cc(CCl)ccc1Oc1ccc([N+](=O)[O-])c(F)c1. The molecule has 0 radical (unpaired) electrons. The average molecular weight is 296 g/mol. The molecule has 2 aromatic carbocycles. The van der Waals surface area contributed by atoms with Crippen molar-refractivity contribution in [2.45, 2.75) is 12.8 Å². The second-order valence-electron chi connectivity index (χ2n) is 4.21. The smallest absolute Gasteiger partial charge is 0.305 e. The summed E-state index contributed by atoms with van der Waals surface area (Å²) in [6.45, 7) is 1.84. The molecule has 0 saturated carbocycles. The molecule has 0 bridgehead atoms. The lowest BCUT2D eigenvalue weighted by atomic mass is 10.1. The third-order valence-electron chi connectivity index (χ3n) is 2.74. The Hall–Kier alpha value is -2.14. The lowest BCUT2D eigenvalue weighted by molar-refractivity contribution is -0.387. The van der Waals surface area contributed by atoms with Gasteiger partial charge >= 0.3 is 5.69 Å². The van der Waals surface area contributed by atoms with Crippen LogP contribution in [0.25, 0.3) is 0 Å². The molecule has 2 rings (SSSR count). The van der Waals surface area contributed by atoms with Crippen molar-refractivity contribution in [3.8, 4) is 11.5 Å². The number of nitro benzene ring substituents is 1. The number of alkyl halides is 1. The van der Waals surface area contributed by atoms with Crippen molar-refractivity contribution in [1.29, 1.82) is 0 Å². The van der Waals surface area contributed by atoms with Crippen LogP contribution < -0.4 is 4.74 Å². The summed E-state index contributed by atoms with van der Waals surface area (Å²) in [6.07, 6.45) is 0. The molecular formula is C14H11ClFNO3. The number of aryl methyl sites for hydroxylation is 1. The predicted octanol–water partition coefficient (Wildman–Crippen LogP) is 4.57. The van der Waals surface area contributed by atoms with E-state index in [2.05, 4.69) is 0 Å². The maximum atomic E-state index is 13.5. The van der Waals surface area contributed by atoms with Crippen LogP contribution in [0.2, 0.25) is 0 Å². The van der Waals surface area contributed by atoms with Crippen LogP contribution in [-0.4, -0.2) is 4.92 Å². The molecule has 0 aliphatic carbocycles. The first-order chi connectivity index (χ1) is 9.51. The van der Waals surface area contributed by atoms with Crippen LogP contribution in [0, 0.1) is 22.9 Å². The Morgan fingerprint density at radius 3 is 2.60 bits per heavy atom. The predicted molar refractivity (Wildman–Crippen MR) is 73.9 cm³/mol. The van der Waals surface area contributed by atoms with Crippen molar-refractivity contribution >= 4 is 17.3 Å². The molecular weight excluding hydrogens is 285 g/mol. The van der Waals surface area contributed by atoms with Crippen LogP contribution in [-0.2, 0) is 5.88 Å². The third-order valence-corrected chi connectivity index (χ3v) is 3.05. The molecule has 0 fully saturated rings. The van der Waals surface area contributed by atoms with Gasteiger partial charge in [0.05, 0.1) is 4.92 Å². The van der Waals surface area contributed by atoms with Crippen LogP contribution in [0.1, 0.15) is 11.1 Å². The fourth-order valence-corrected chi connectivity index (χ4v) is 1.90. The average Bonchev–Trinajstić information content (AvgIpc) is 2.40. The summed E-state index contributed by atoms with van der Waals surface area (Å²) in [6, 6.07) is 8.82. The summed E-state index contributed by atoms with van der Waals surface area (Å²) in [7, 11) is 0. The molecule has 0 spiro atoms. The second kappa shape index (κ2) is 5.88. The molecule has 104 valence electrons. The van der Waals surface area contributed by atoms with Crippen LogP contribution >= 0.6 is 11.6 Å². The Balaban J connectivity index is 2.26. The first-order valence-electron chi connectivity index (χ1n) is 5.78. The van der Waals surface area contributed by atoms with Crippen molar-refractivity contribution in [2.75, 3.05) is 0 Å². The molecule has 0 unspecified atom stereocenters. The van der Waals surface area contributed by atoms with Crippen LogP contribution in [0.4, 0.5) is 10.1 Å². The van der Waals surface area contributed by atoms with Gasteiger partial charge in [-0.05, 0) is 30.2 Å². The van der Waals surface area contributed by atoms with E-state index in [1.165, 1.54) is 6.07 Å². The summed E-state index contributed by atoms with van der Waals surface area (Å²) in [4.78, 5) is 9.75. The molecule has 0 heterocycles. The van der Waals surface area contributed by atoms with Crippen molar-refractivity contribution in [3.63, 3.8) is 0 Å². The number of halogens is 2. The lowest BCUT2D eigenvalue weighted by Gasteiger charge is -2.09. The van der Waals surface area contributed by atoms with E-state index in [9.17, 15) is 14.5 Å². The Kier molecular flexibility index (Phi) is 4.20. The highest BCUT2D eigenvalue weighted by Crippen LogP contribution is 2.29. The zero-order valence-electron chi connectivity index (χ0n) is 10.6. The van der Waals surface area contributed by atoms with Gasteiger partial charge in [-0.2, -0.15) is 4.39 Å². The highest BCUT2D eigenvalue weighted by atomic mass is 35.5. The molecule has 0 atom stereocenters. The van der Waals surface area contributed by atoms with Crippen molar-refractivity contribution in [3.05, 3.63) is 63.5 Å². The second-order valence-corrected chi connectivity index (χ2v) is 4.47. The zero-order chi connectivity index (χ0) is 14.7. The Morgan fingerprint density at radius 1 is 1.30 bits per heavy atom. The van der Waals surface area contributed by atoms with Crippen LogP contribution in [0.15, 0.2) is 36.4 Å². The fraction of sp³-hybridized carbons (Fsp3) is 0.143. The van der Waals surface area contributed by atoms with Gasteiger partial charge in [0, 0.05) is 18.0 Å². The van der Waals surface area contributed by atoms with Gasteiger partial charge in [0.25, 0.3) is 0 Å². The van der Waals surface area contributed by atoms with Gasteiger partial charge < -0.3 is 4.74 Å². The first-order valence-corrected chi connectivity index (χ1v) is 6.32. The minimum atomic E-state index is -0.928. The molecule has 6 heteroatoms. The first kappa shape index (κ1) is 14.3. The van der Waals surface area contributed by atoms with Gasteiger partial charge in [-0.1, -0.05) is 12.1 Å². The van der Waals surface area contributed by atoms with E-state index in [1.807, 2.05) is 13.0 Å². The zero-order valence-corrected chi connectivity index (χ0v) is 11.4. The summed E-state index contributed by atoms with van der Waals surface area (Å²) in [5, 5.41) is 10.5. The number of benzene rings is 2. The Labute approximate surface area is 119 Å². The highest BCUT2D eigenvalue weighted by molar-refractivity contribution is 6.17. The van der Waals surface area contributed by atoms with Gasteiger partial charge in [-0.25, -0.2) is 0 Å². The fourth-order valence-electron chi connectivity index (χ4n) is 1.74. The van der Waals surface area contributed by atoms with E-state index in [0.717, 1.165) is 23.3 Å². The van der Waals surface area contributed by atoms with Crippen molar-refractivity contribution in [1.82, 2.24) is 0 Å². The molecule has 0 saturated heterocycles. The molecule has 0 aliphatic heterocycles. The number of ether oxygens (including phenoxy) is 1. The molecule has 2 aromatic rings. The monoisotopic (exact) mass is 295 g/mol. The molecule has 0 aromatic heterocycles. The molecule has 0 amide bonds. The maximum absolute atomic E-state index is 13.5. The van der Waals surface area contributed by atoms with Gasteiger partial charge in [0.15, 0.2) is 0 Å². The minimum absolute atomic E-state index is 0.204. The molecule has 20 heavy (non-hydrogen) atoms. The van der Waals surface area contributed by atoms with E-state index in [1.54, 1.807) is 12.1 Å². The summed E-state index contributed by atoms with van der Waals surface area (Å²) >= 11 is 5.73. The topological polar surface area (TPSA) is 52.4 Å². The van der Waals surface area contributed by atoms with Crippen molar-refractivity contribution in [2.24, 2.45) is 0 Å². The van der Waals surface area contributed by atoms with E-state index in [-0.39, 0.29) is 5.75 Å². The quantitative estimate of drug-likeness (QED) is 0.471. The highest BCUT2D eigenvalue weighted by Gasteiger charge is 2.14. The van der Waals surface area contributed by atoms with E-state index in [4.69, 9.17) is 16.3 Å². The molecule has 4 nitrogen and oxygen atoms in total. The van der Waals surface area contributed by atoms with Crippen molar-refractivity contribution < 1.29 is 14.1 Å². The normalized spacial score (nSPS) is 10.3. The van der Waals surface area contributed by atoms with Crippen LogP contribution in [0.3, 0.4) is 0 Å². The van der Waals surface area contributed by atoms with Gasteiger partial charge in [-0.15, -0.1) is 11.6 Å². The Morgan fingerprint density at radius 2 is 2.05 bits per heavy atom. The minimum Gasteiger partial charge on any atom is -0.457 e. The van der Waals surface area contributed by atoms with E-state index >= 15 is 0 Å². The third kappa shape index (κ3) is 3.05. The number of hydrogen-bond acceptors (Lipinski definition) is 3.